The number of hydrogen-bond donors (Lipinski definition) is 1. The Morgan fingerprint density at radius 3 is 2.12 bits per heavy atom. The molecule has 0 aromatic heterocycles. The van der Waals surface area contributed by atoms with Crippen molar-refractivity contribution >= 4 is 0 Å². The van der Waals surface area contributed by atoms with Gasteiger partial charge in [0.05, 0.1) is 0 Å². The van der Waals surface area contributed by atoms with Crippen LogP contribution in [-0.4, -0.2) is 6.54 Å². The summed E-state index contributed by atoms with van der Waals surface area (Å²) in [7, 11) is 0. The van der Waals surface area contributed by atoms with E-state index >= 15 is 0 Å². The summed E-state index contributed by atoms with van der Waals surface area (Å²) in [5, 5.41) is 0. The average Bonchev–Trinajstić information content (AvgIpc) is 1.67. The molecule has 0 aliphatic carbocycles. The maximum Gasteiger partial charge on any atom is -0.00745 e. The molecule has 0 heterocycles. The summed E-state index contributed by atoms with van der Waals surface area (Å²) >= 11 is 0. The van der Waals surface area contributed by atoms with Crippen molar-refractivity contribution in [2.75, 3.05) is 6.54 Å². The lowest BCUT2D eigenvalue weighted by atomic mass is 9.95. The van der Waals surface area contributed by atoms with Crippen molar-refractivity contribution in [1.82, 2.24) is 0 Å². The predicted molar refractivity (Wildman–Crippen MR) is 37.4 cm³/mol. The minimum Gasteiger partial charge on any atom is -0.330 e. The van der Waals surface area contributed by atoms with Gasteiger partial charge < -0.3 is 5.73 Å². The Morgan fingerprint density at radius 1 is 1.50 bits per heavy atom. The van der Waals surface area contributed by atoms with Gasteiger partial charge in [-0.05, 0) is 24.8 Å². The van der Waals surface area contributed by atoms with Gasteiger partial charge in [0, 0.05) is 0 Å². The van der Waals surface area contributed by atoms with E-state index in [1.54, 1.807) is 0 Å². The van der Waals surface area contributed by atoms with E-state index in [9.17, 15) is 0 Å². The molecule has 1 heteroatoms. The third-order valence-corrected chi connectivity index (χ3v) is 1.59. The molecule has 0 aromatic rings. The van der Waals surface area contributed by atoms with Gasteiger partial charge in [0.2, 0.25) is 0 Å². The Bertz CT molecular complexity index is 50.3. The highest BCUT2D eigenvalue weighted by molar-refractivity contribution is 4.83. The molecule has 49 valence electrons. The first-order valence-corrected chi connectivity index (χ1v) is 3.18. The molecule has 1 radical (unpaired) electrons. The molecule has 0 spiro atoms. The minimum absolute atomic E-state index is 0.708. The monoisotopic (exact) mass is 114 g/mol. The Hall–Kier alpha value is -0.0400. The smallest absolute Gasteiger partial charge is 0.00745 e. The van der Waals surface area contributed by atoms with Gasteiger partial charge in [-0.3, -0.25) is 0 Å². The van der Waals surface area contributed by atoms with Gasteiger partial charge in [-0.1, -0.05) is 20.8 Å². The van der Waals surface area contributed by atoms with Crippen LogP contribution in [0.4, 0.5) is 0 Å². The molecule has 0 aromatic carbocycles. The van der Waals surface area contributed by atoms with Gasteiger partial charge in [-0.2, -0.15) is 0 Å². The van der Waals surface area contributed by atoms with Crippen LogP contribution in [0.2, 0.25) is 0 Å². The lowest BCUT2D eigenvalue weighted by Gasteiger charge is -2.12. The Morgan fingerprint density at radius 2 is 2.00 bits per heavy atom. The summed E-state index contributed by atoms with van der Waals surface area (Å²) in [6, 6.07) is 0. The normalized spacial score (nSPS) is 14.6. The zero-order valence-electron chi connectivity index (χ0n) is 6.07. The van der Waals surface area contributed by atoms with Gasteiger partial charge in [-0.25, -0.2) is 0 Å². The third kappa shape index (κ3) is 3.03. The van der Waals surface area contributed by atoms with E-state index in [4.69, 9.17) is 5.73 Å². The molecule has 8 heavy (non-hydrogen) atoms. The summed E-state index contributed by atoms with van der Waals surface area (Å²) in [4.78, 5) is 0. The molecule has 1 nitrogen and oxygen atoms in total. The highest BCUT2D eigenvalue weighted by Gasteiger charge is 2.04. The van der Waals surface area contributed by atoms with Gasteiger partial charge in [0.15, 0.2) is 0 Å². The fourth-order valence-electron chi connectivity index (χ4n) is 0.539. The molecule has 0 saturated carbocycles. The van der Waals surface area contributed by atoms with Crippen molar-refractivity contribution in [2.24, 2.45) is 11.7 Å². The van der Waals surface area contributed by atoms with Crippen LogP contribution in [0.1, 0.15) is 27.2 Å². The molecular weight excluding hydrogens is 98.1 g/mol. The maximum absolute atomic E-state index is 5.35. The van der Waals surface area contributed by atoms with Crippen LogP contribution in [0.25, 0.3) is 0 Å². The van der Waals surface area contributed by atoms with E-state index in [2.05, 4.69) is 20.8 Å². The summed E-state index contributed by atoms with van der Waals surface area (Å²) in [6.45, 7) is 7.33. The minimum atomic E-state index is 0.708. The molecule has 2 N–H and O–H groups in total. The SMILES string of the molecule is C[C](C)C(C)CCN. The van der Waals surface area contributed by atoms with E-state index < -0.39 is 0 Å². The second-order valence-corrected chi connectivity index (χ2v) is 2.56. The van der Waals surface area contributed by atoms with Crippen molar-refractivity contribution < 1.29 is 0 Å². The van der Waals surface area contributed by atoms with Crippen LogP contribution in [0.5, 0.6) is 0 Å². The van der Waals surface area contributed by atoms with Crippen LogP contribution >= 0.6 is 0 Å². The largest absolute Gasteiger partial charge is 0.330 e. The third-order valence-electron chi connectivity index (χ3n) is 1.59. The first-order chi connectivity index (χ1) is 3.68. The summed E-state index contributed by atoms with van der Waals surface area (Å²) in [5.41, 5.74) is 5.35. The topological polar surface area (TPSA) is 26.0 Å². The number of hydrogen-bond acceptors (Lipinski definition) is 1. The zero-order valence-corrected chi connectivity index (χ0v) is 6.07. The average molecular weight is 114 g/mol. The molecule has 0 aliphatic heterocycles. The molecule has 0 rings (SSSR count). The number of rotatable bonds is 3. The van der Waals surface area contributed by atoms with Crippen LogP contribution in [-0.2, 0) is 0 Å². The predicted octanol–water partition coefficient (Wildman–Crippen LogP) is 1.59. The van der Waals surface area contributed by atoms with Crippen LogP contribution in [0.15, 0.2) is 0 Å². The molecule has 1 unspecified atom stereocenters. The molecule has 0 amide bonds. The Kier molecular flexibility index (Phi) is 3.88. The van der Waals surface area contributed by atoms with Gasteiger partial charge in [0.1, 0.15) is 0 Å². The van der Waals surface area contributed by atoms with Crippen LogP contribution < -0.4 is 5.73 Å². The molecule has 1 atom stereocenters. The fourth-order valence-corrected chi connectivity index (χ4v) is 0.539. The second-order valence-electron chi connectivity index (χ2n) is 2.56. The summed E-state index contributed by atoms with van der Waals surface area (Å²) in [6.07, 6.45) is 1.13. The lowest BCUT2D eigenvalue weighted by Crippen LogP contribution is -2.09. The molecule has 0 aliphatic rings. The van der Waals surface area contributed by atoms with Crippen LogP contribution in [0, 0.1) is 11.8 Å². The van der Waals surface area contributed by atoms with Crippen molar-refractivity contribution in [3.05, 3.63) is 5.92 Å². The summed E-state index contributed by atoms with van der Waals surface area (Å²) < 4.78 is 0. The zero-order chi connectivity index (χ0) is 6.57. The van der Waals surface area contributed by atoms with Crippen molar-refractivity contribution in [3.8, 4) is 0 Å². The van der Waals surface area contributed by atoms with E-state index in [0.717, 1.165) is 13.0 Å². The molecule has 0 saturated heterocycles. The quantitative estimate of drug-likeness (QED) is 0.592. The first-order valence-electron chi connectivity index (χ1n) is 3.18. The van der Waals surface area contributed by atoms with Gasteiger partial charge >= 0.3 is 0 Å². The molecule has 0 fully saturated rings. The lowest BCUT2D eigenvalue weighted by molar-refractivity contribution is 0.560. The first kappa shape index (κ1) is 7.96. The van der Waals surface area contributed by atoms with Crippen molar-refractivity contribution in [3.63, 3.8) is 0 Å². The maximum atomic E-state index is 5.35. The van der Waals surface area contributed by atoms with Gasteiger partial charge in [0.25, 0.3) is 0 Å². The van der Waals surface area contributed by atoms with Crippen molar-refractivity contribution in [2.45, 2.75) is 27.2 Å². The Balaban J connectivity index is 3.17. The standard InChI is InChI=1S/C7H16N/c1-6(2)7(3)4-5-8/h7H,4-5,8H2,1-3H3. The van der Waals surface area contributed by atoms with E-state index in [-0.39, 0.29) is 0 Å². The molecule has 0 bridgehead atoms. The molecular formula is C7H16N. The highest BCUT2D eigenvalue weighted by Crippen LogP contribution is 2.13. The van der Waals surface area contributed by atoms with Crippen LogP contribution in [0.3, 0.4) is 0 Å². The van der Waals surface area contributed by atoms with E-state index in [1.165, 1.54) is 5.92 Å². The fraction of sp³-hybridized carbons (Fsp3) is 0.857. The van der Waals surface area contributed by atoms with Crippen molar-refractivity contribution in [1.29, 1.82) is 0 Å². The Labute approximate surface area is 52.3 Å². The van der Waals surface area contributed by atoms with Gasteiger partial charge in [-0.15, -0.1) is 0 Å². The highest BCUT2D eigenvalue weighted by atomic mass is 14.5. The second kappa shape index (κ2) is 3.90. The van der Waals surface area contributed by atoms with E-state index in [0.29, 0.717) is 5.92 Å². The summed E-state index contributed by atoms with van der Waals surface area (Å²) in [5.74, 6) is 2.19. The number of nitrogens with two attached hydrogens (primary N) is 1. The van der Waals surface area contributed by atoms with E-state index in [1.807, 2.05) is 0 Å².